The Labute approximate surface area is 191 Å². The first-order valence-electron chi connectivity index (χ1n) is 11.1. The zero-order valence-electron chi connectivity index (χ0n) is 17.7. The number of carbonyl (C=O) groups excluding carboxylic acids is 2. The van der Waals surface area contributed by atoms with E-state index in [0.717, 1.165) is 36.4 Å². The minimum atomic E-state index is -0.0587. The van der Waals surface area contributed by atoms with E-state index < -0.39 is 0 Å². The second-order valence-corrected chi connectivity index (χ2v) is 8.94. The molecule has 3 aromatic rings. The summed E-state index contributed by atoms with van der Waals surface area (Å²) in [5.41, 5.74) is 2.18. The maximum atomic E-state index is 13.2. The summed E-state index contributed by atoms with van der Waals surface area (Å²) >= 11 is 5.81. The Morgan fingerprint density at radius 2 is 1.88 bits per heavy atom. The number of likely N-dealkylation sites (tertiary alicyclic amines) is 2. The maximum absolute atomic E-state index is 13.2. The average molecular weight is 453 g/mol. The van der Waals surface area contributed by atoms with Crippen molar-refractivity contribution in [3.05, 3.63) is 53.2 Å². The molecule has 0 aliphatic carbocycles. The largest absolute Gasteiger partial charge is 0.342 e. The first kappa shape index (κ1) is 20.9. The Bertz CT molecular complexity index is 1090. The third-order valence-electron chi connectivity index (χ3n) is 6.50. The fraction of sp³-hybridized carbons (Fsp3) is 0.435. The van der Waals surface area contributed by atoms with Crippen LogP contribution in [0.15, 0.2) is 36.7 Å². The molecular formula is C23H25ClN6O2. The van der Waals surface area contributed by atoms with Gasteiger partial charge in [0.2, 0.25) is 5.91 Å². The number of nitrogens with zero attached hydrogens (tertiary/aromatic N) is 5. The number of amides is 2. The number of hydrogen-bond donors (Lipinski definition) is 1. The number of aromatic amines is 1. The molecule has 2 fully saturated rings. The molecule has 32 heavy (non-hydrogen) atoms. The maximum Gasteiger partial charge on any atom is 0.255 e. The number of H-pyrrole nitrogens is 1. The van der Waals surface area contributed by atoms with Crippen LogP contribution < -0.4 is 0 Å². The van der Waals surface area contributed by atoms with Gasteiger partial charge in [-0.05, 0) is 49.9 Å². The van der Waals surface area contributed by atoms with E-state index in [-0.39, 0.29) is 23.7 Å². The molecule has 5 heterocycles. The molecule has 1 unspecified atom stereocenters. The molecule has 2 aliphatic rings. The summed E-state index contributed by atoms with van der Waals surface area (Å²) in [4.78, 5) is 46.0. The van der Waals surface area contributed by atoms with Crippen molar-refractivity contribution in [2.75, 3.05) is 26.2 Å². The fourth-order valence-corrected chi connectivity index (χ4v) is 4.84. The highest BCUT2D eigenvalue weighted by molar-refractivity contribution is 6.29. The van der Waals surface area contributed by atoms with E-state index in [1.165, 1.54) is 6.20 Å². The van der Waals surface area contributed by atoms with Crippen LogP contribution in [-0.2, 0) is 4.79 Å². The zero-order chi connectivity index (χ0) is 22.1. The van der Waals surface area contributed by atoms with Crippen molar-refractivity contribution in [2.45, 2.75) is 31.6 Å². The molecule has 9 heteroatoms. The minimum Gasteiger partial charge on any atom is -0.342 e. The number of rotatable bonds is 3. The van der Waals surface area contributed by atoms with Crippen molar-refractivity contribution >= 4 is 34.6 Å². The van der Waals surface area contributed by atoms with Gasteiger partial charge in [-0.1, -0.05) is 11.6 Å². The Balaban J connectivity index is 1.19. The highest BCUT2D eigenvalue weighted by atomic mass is 35.5. The van der Waals surface area contributed by atoms with Crippen molar-refractivity contribution in [1.82, 2.24) is 29.7 Å². The van der Waals surface area contributed by atoms with Gasteiger partial charge in [-0.2, -0.15) is 0 Å². The molecule has 8 nitrogen and oxygen atoms in total. The van der Waals surface area contributed by atoms with E-state index in [4.69, 9.17) is 11.6 Å². The number of piperidine rings is 2. The van der Waals surface area contributed by atoms with Gasteiger partial charge in [0.1, 0.15) is 11.0 Å². The lowest BCUT2D eigenvalue weighted by Crippen LogP contribution is -2.47. The van der Waals surface area contributed by atoms with Crippen LogP contribution in [0.1, 0.15) is 47.8 Å². The van der Waals surface area contributed by atoms with Crippen LogP contribution in [0, 0.1) is 5.92 Å². The van der Waals surface area contributed by atoms with Crippen LogP contribution in [0.4, 0.5) is 0 Å². The standard InChI is InChI=1S/C23H25ClN6O2/c24-19-6-5-16(13-26-19)23(32)29-11-7-15(8-12-29)22(31)30-10-2-3-17(14-30)20-27-18-4-1-9-25-21(18)28-20/h1,4-6,9,13,15,17H,2-3,7-8,10-12,14H2,(H,25,27,28). The van der Waals surface area contributed by atoms with Crippen LogP contribution >= 0.6 is 11.6 Å². The Morgan fingerprint density at radius 1 is 1.03 bits per heavy atom. The lowest BCUT2D eigenvalue weighted by molar-refractivity contribution is -0.138. The summed E-state index contributed by atoms with van der Waals surface area (Å²) < 4.78 is 0. The van der Waals surface area contributed by atoms with Gasteiger partial charge in [0.25, 0.3) is 5.91 Å². The van der Waals surface area contributed by atoms with Gasteiger partial charge >= 0.3 is 0 Å². The number of pyridine rings is 2. The molecule has 0 aromatic carbocycles. The number of nitrogens with one attached hydrogen (secondary N) is 1. The van der Waals surface area contributed by atoms with Crippen LogP contribution in [-0.4, -0.2) is 67.7 Å². The molecule has 2 aliphatic heterocycles. The molecule has 5 rings (SSSR count). The van der Waals surface area contributed by atoms with Crippen molar-refractivity contribution < 1.29 is 9.59 Å². The van der Waals surface area contributed by atoms with Gasteiger partial charge in [-0.15, -0.1) is 0 Å². The second kappa shape index (κ2) is 8.86. The first-order chi connectivity index (χ1) is 15.6. The summed E-state index contributed by atoms with van der Waals surface area (Å²) in [5, 5.41) is 0.365. The van der Waals surface area contributed by atoms with Gasteiger partial charge in [-0.3, -0.25) is 9.59 Å². The van der Waals surface area contributed by atoms with Gasteiger partial charge in [0.15, 0.2) is 5.65 Å². The second-order valence-electron chi connectivity index (χ2n) is 8.56. The van der Waals surface area contributed by atoms with Crippen LogP contribution in [0.2, 0.25) is 5.15 Å². The lowest BCUT2D eigenvalue weighted by atomic mass is 9.91. The lowest BCUT2D eigenvalue weighted by Gasteiger charge is -2.37. The molecular weight excluding hydrogens is 428 g/mol. The highest BCUT2D eigenvalue weighted by Gasteiger charge is 2.33. The van der Waals surface area contributed by atoms with Gasteiger partial charge in [0, 0.05) is 50.4 Å². The van der Waals surface area contributed by atoms with Gasteiger partial charge < -0.3 is 14.8 Å². The minimum absolute atomic E-state index is 0.0431. The van der Waals surface area contributed by atoms with Crippen LogP contribution in [0.25, 0.3) is 11.2 Å². The zero-order valence-corrected chi connectivity index (χ0v) is 18.5. The smallest absolute Gasteiger partial charge is 0.255 e. The van der Waals surface area contributed by atoms with E-state index in [0.29, 0.717) is 43.2 Å². The topological polar surface area (TPSA) is 95.1 Å². The molecule has 0 spiro atoms. The SMILES string of the molecule is O=C(c1ccc(Cl)nc1)N1CCC(C(=O)N2CCCC(c3nc4ncccc4[nH]3)C2)CC1. The molecule has 0 radical (unpaired) electrons. The number of imidazole rings is 1. The Morgan fingerprint density at radius 3 is 2.62 bits per heavy atom. The number of aromatic nitrogens is 4. The monoisotopic (exact) mass is 452 g/mol. The number of carbonyl (C=O) groups is 2. The van der Waals surface area contributed by atoms with Crippen molar-refractivity contribution in [1.29, 1.82) is 0 Å². The van der Waals surface area contributed by atoms with E-state index in [2.05, 4.69) is 19.9 Å². The molecule has 2 saturated heterocycles. The summed E-state index contributed by atoms with van der Waals surface area (Å²) in [6, 6.07) is 7.17. The summed E-state index contributed by atoms with van der Waals surface area (Å²) in [5.74, 6) is 1.20. The first-order valence-corrected chi connectivity index (χ1v) is 11.5. The number of hydrogen-bond acceptors (Lipinski definition) is 5. The molecule has 3 aromatic heterocycles. The van der Waals surface area contributed by atoms with Crippen molar-refractivity contribution in [3.8, 4) is 0 Å². The van der Waals surface area contributed by atoms with Gasteiger partial charge in [-0.25, -0.2) is 15.0 Å². The fourth-order valence-electron chi connectivity index (χ4n) is 4.73. The average Bonchev–Trinajstić information content (AvgIpc) is 3.28. The normalized spacial score (nSPS) is 20.0. The summed E-state index contributed by atoms with van der Waals surface area (Å²) in [6.45, 7) is 2.60. The van der Waals surface area contributed by atoms with E-state index in [9.17, 15) is 9.59 Å². The molecule has 166 valence electrons. The van der Waals surface area contributed by atoms with Crippen molar-refractivity contribution in [2.24, 2.45) is 5.92 Å². The van der Waals surface area contributed by atoms with E-state index in [1.807, 2.05) is 17.0 Å². The Hall–Kier alpha value is -3.00. The molecule has 1 atom stereocenters. The molecule has 1 N–H and O–H groups in total. The predicted octanol–water partition coefficient (Wildman–Crippen LogP) is 3.26. The van der Waals surface area contributed by atoms with E-state index in [1.54, 1.807) is 23.2 Å². The third-order valence-corrected chi connectivity index (χ3v) is 6.72. The Kier molecular flexibility index (Phi) is 5.78. The van der Waals surface area contributed by atoms with Crippen LogP contribution in [0.3, 0.4) is 0 Å². The summed E-state index contributed by atoms with van der Waals surface area (Å²) in [7, 11) is 0. The van der Waals surface area contributed by atoms with Crippen molar-refractivity contribution in [3.63, 3.8) is 0 Å². The summed E-state index contributed by atoms with van der Waals surface area (Å²) in [6.07, 6.45) is 6.57. The highest BCUT2D eigenvalue weighted by Crippen LogP contribution is 2.29. The van der Waals surface area contributed by atoms with Gasteiger partial charge in [0.05, 0.1) is 11.1 Å². The third kappa shape index (κ3) is 4.19. The quantitative estimate of drug-likeness (QED) is 0.615. The van der Waals surface area contributed by atoms with E-state index >= 15 is 0 Å². The molecule has 0 saturated carbocycles. The predicted molar refractivity (Wildman–Crippen MR) is 120 cm³/mol. The molecule has 2 amide bonds. The number of halogens is 1. The molecule has 0 bridgehead atoms. The number of fused-ring (bicyclic) bond motifs is 1. The van der Waals surface area contributed by atoms with Crippen LogP contribution in [0.5, 0.6) is 0 Å².